The second-order valence-electron chi connectivity index (χ2n) is 2.73. The second kappa shape index (κ2) is 3.92. The molecule has 1 heterocycles. The maximum absolute atomic E-state index is 10.8. The Kier molecular flexibility index (Phi) is 2.80. The zero-order chi connectivity index (χ0) is 10.1. The monoisotopic (exact) mass is 319 g/mol. The minimum absolute atomic E-state index is 0.333. The number of pyridine rings is 1. The van der Waals surface area contributed by atoms with E-state index in [4.69, 9.17) is 4.55 Å². The van der Waals surface area contributed by atoms with Gasteiger partial charge in [-0.1, -0.05) is 12.1 Å². The van der Waals surface area contributed by atoms with E-state index < -0.39 is 11.1 Å². The van der Waals surface area contributed by atoms with E-state index in [2.05, 4.69) is 27.6 Å². The highest BCUT2D eigenvalue weighted by molar-refractivity contribution is 14.1. The van der Waals surface area contributed by atoms with Crippen molar-refractivity contribution < 1.29 is 8.76 Å². The van der Waals surface area contributed by atoms with Crippen molar-refractivity contribution in [3.8, 4) is 0 Å². The SMILES string of the molecule is O=S(O)c1cnc2c(I)cccc2c1. The third-order valence-electron chi connectivity index (χ3n) is 1.84. The standard InChI is InChI=1S/C9H6INO2S/c10-8-3-1-2-6-4-7(14(12)13)5-11-9(6)8/h1-5H,(H,12,13). The van der Waals surface area contributed by atoms with Crippen LogP contribution in [0.2, 0.25) is 0 Å². The highest BCUT2D eigenvalue weighted by Crippen LogP contribution is 2.19. The van der Waals surface area contributed by atoms with E-state index in [-0.39, 0.29) is 0 Å². The molecule has 0 spiro atoms. The Morgan fingerprint density at radius 2 is 2.21 bits per heavy atom. The molecular formula is C9H6INO2S. The smallest absolute Gasteiger partial charge is 0.188 e. The topological polar surface area (TPSA) is 50.2 Å². The lowest BCUT2D eigenvalue weighted by Gasteiger charge is -2.00. The fourth-order valence-corrected chi connectivity index (χ4v) is 2.23. The Balaban J connectivity index is 2.73. The summed E-state index contributed by atoms with van der Waals surface area (Å²) in [5.74, 6) is 0. The first-order valence-electron chi connectivity index (χ1n) is 3.83. The molecule has 0 radical (unpaired) electrons. The van der Waals surface area contributed by atoms with Crippen molar-refractivity contribution in [3.63, 3.8) is 0 Å². The maximum Gasteiger partial charge on any atom is 0.188 e. The van der Waals surface area contributed by atoms with E-state index in [0.717, 1.165) is 14.5 Å². The van der Waals surface area contributed by atoms with E-state index in [1.54, 1.807) is 6.07 Å². The third kappa shape index (κ3) is 1.79. The van der Waals surface area contributed by atoms with Crippen LogP contribution in [-0.2, 0) is 11.1 Å². The van der Waals surface area contributed by atoms with E-state index in [1.807, 2.05) is 18.2 Å². The molecule has 0 amide bonds. The molecule has 1 unspecified atom stereocenters. The molecule has 0 saturated carbocycles. The summed E-state index contributed by atoms with van der Waals surface area (Å²) in [4.78, 5) is 4.47. The number of halogens is 1. The lowest BCUT2D eigenvalue weighted by atomic mass is 10.2. The van der Waals surface area contributed by atoms with Crippen LogP contribution in [-0.4, -0.2) is 13.7 Å². The predicted octanol–water partition coefficient (Wildman–Crippen LogP) is 2.42. The minimum atomic E-state index is -1.96. The summed E-state index contributed by atoms with van der Waals surface area (Å²) in [5.41, 5.74) is 0.863. The molecule has 0 bridgehead atoms. The molecular weight excluding hydrogens is 313 g/mol. The fraction of sp³-hybridized carbons (Fsp3) is 0. The number of hydrogen-bond donors (Lipinski definition) is 1. The maximum atomic E-state index is 10.8. The van der Waals surface area contributed by atoms with E-state index in [1.165, 1.54) is 6.20 Å². The highest BCUT2D eigenvalue weighted by Gasteiger charge is 2.04. The van der Waals surface area contributed by atoms with Crippen molar-refractivity contribution in [1.82, 2.24) is 4.98 Å². The molecule has 14 heavy (non-hydrogen) atoms. The number of nitrogens with zero attached hydrogens (tertiary/aromatic N) is 1. The number of fused-ring (bicyclic) bond motifs is 1. The summed E-state index contributed by atoms with van der Waals surface area (Å²) in [6, 6.07) is 7.41. The van der Waals surface area contributed by atoms with E-state index in [9.17, 15) is 4.21 Å². The first kappa shape index (κ1) is 10.0. The minimum Gasteiger partial charge on any atom is -0.302 e. The summed E-state index contributed by atoms with van der Waals surface area (Å²) in [5, 5.41) is 0.886. The quantitative estimate of drug-likeness (QED) is 0.649. The molecule has 0 aliphatic rings. The first-order valence-corrected chi connectivity index (χ1v) is 6.02. The van der Waals surface area contributed by atoms with Gasteiger partial charge in [-0.15, -0.1) is 0 Å². The molecule has 2 rings (SSSR count). The summed E-state index contributed by atoms with van der Waals surface area (Å²) in [7, 11) is 0. The fourth-order valence-electron chi connectivity index (χ4n) is 1.20. The Morgan fingerprint density at radius 3 is 2.93 bits per heavy atom. The molecule has 5 heteroatoms. The van der Waals surface area contributed by atoms with Gasteiger partial charge in [-0.25, -0.2) is 4.21 Å². The molecule has 72 valence electrons. The number of hydrogen-bond acceptors (Lipinski definition) is 2. The summed E-state index contributed by atoms with van der Waals surface area (Å²) >= 11 is 0.230. The van der Waals surface area contributed by atoms with Crippen molar-refractivity contribution >= 4 is 44.6 Å². The number of benzene rings is 1. The second-order valence-corrected chi connectivity index (χ2v) is 4.86. The van der Waals surface area contributed by atoms with Crippen molar-refractivity contribution in [1.29, 1.82) is 0 Å². The van der Waals surface area contributed by atoms with Crippen LogP contribution in [0.3, 0.4) is 0 Å². The van der Waals surface area contributed by atoms with Crippen LogP contribution in [0.5, 0.6) is 0 Å². The van der Waals surface area contributed by atoms with Gasteiger partial charge in [0.15, 0.2) is 11.1 Å². The van der Waals surface area contributed by atoms with Gasteiger partial charge in [-0.2, -0.15) is 0 Å². The normalized spacial score (nSPS) is 13.0. The van der Waals surface area contributed by atoms with Gasteiger partial charge in [0, 0.05) is 15.2 Å². The lowest BCUT2D eigenvalue weighted by Crippen LogP contribution is -1.91. The largest absolute Gasteiger partial charge is 0.302 e. The number of para-hydroxylation sites is 1. The lowest BCUT2D eigenvalue weighted by molar-refractivity contribution is 0.564. The summed E-state index contributed by atoms with van der Waals surface area (Å²) in [6.45, 7) is 0. The molecule has 1 N–H and O–H groups in total. The molecule has 0 aliphatic carbocycles. The van der Waals surface area contributed by atoms with Crippen LogP contribution in [0.1, 0.15) is 0 Å². The van der Waals surface area contributed by atoms with Crippen molar-refractivity contribution in [3.05, 3.63) is 34.0 Å². The van der Waals surface area contributed by atoms with Gasteiger partial charge in [0.2, 0.25) is 0 Å². The highest BCUT2D eigenvalue weighted by atomic mass is 127. The summed E-state index contributed by atoms with van der Waals surface area (Å²) < 4.78 is 20.7. The van der Waals surface area contributed by atoms with Crippen LogP contribution in [0.4, 0.5) is 0 Å². The number of aromatic nitrogens is 1. The van der Waals surface area contributed by atoms with Gasteiger partial charge in [0.25, 0.3) is 0 Å². The van der Waals surface area contributed by atoms with Gasteiger partial charge in [0.1, 0.15) is 0 Å². The van der Waals surface area contributed by atoms with Gasteiger partial charge < -0.3 is 4.55 Å². The van der Waals surface area contributed by atoms with E-state index in [0.29, 0.717) is 4.90 Å². The molecule has 0 fully saturated rings. The molecule has 1 aromatic carbocycles. The first-order chi connectivity index (χ1) is 6.68. The molecule has 1 aromatic heterocycles. The van der Waals surface area contributed by atoms with Gasteiger partial charge in [0.05, 0.1) is 10.4 Å². The zero-order valence-corrected chi connectivity index (χ0v) is 9.95. The Hall–Kier alpha value is -0.530. The number of rotatable bonds is 1. The average molecular weight is 319 g/mol. The van der Waals surface area contributed by atoms with Gasteiger partial charge in [-0.05, 0) is 34.7 Å². The third-order valence-corrected chi connectivity index (χ3v) is 3.34. The van der Waals surface area contributed by atoms with Gasteiger partial charge in [-0.3, -0.25) is 4.98 Å². The van der Waals surface area contributed by atoms with Crippen LogP contribution in [0.15, 0.2) is 35.4 Å². The molecule has 1 atom stereocenters. The zero-order valence-electron chi connectivity index (χ0n) is 6.98. The molecule has 3 nitrogen and oxygen atoms in total. The predicted molar refractivity (Wildman–Crippen MR) is 63.5 cm³/mol. The van der Waals surface area contributed by atoms with E-state index >= 15 is 0 Å². The van der Waals surface area contributed by atoms with Crippen LogP contribution >= 0.6 is 22.6 Å². The average Bonchev–Trinajstić information content (AvgIpc) is 2.17. The summed E-state index contributed by atoms with van der Waals surface area (Å²) in [6.07, 6.45) is 1.43. The molecule has 0 saturated heterocycles. The van der Waals surface area contributed by atoms with Crippen molar-refractivity contribution in [2.45, 2.75) is 4.90 Å². The van der Waals surface area contributed by atoms with Crippen LogP contribution in [0, 0.1) is 3.57 Å². The Morgan fingerprint density at radius 1 is 1.43 bits per heavy atom. The van der Waals surface area contributed by atoms with Crippen LogP contribution in [0.25, 0.3) is 10.9 Å². The van der Waals surface area contributed by atoms with Crippen molar-refractivity contribution in [2.75, 3.05) is 0 Å². The van der Waals surface area contributed by atoms with Gasteiger partial charge >= 0.3 is 0 Å². The Labute approximate surface area is 97.0 Å². The molecule has 2 aromatic rings. The van der Waals surface area contributed by atoms with Crippen LogP contribution < -0.4 is 0 Å². The Bertz CT molecular complexity index is 515. The molecule has 0 aliphatic heterocycles. The van der Waals surface area contributed by atoms with Crippen molar-refractivity contribution in [2.24, 2.45) is 0 Å².